The van der Waals surface area contributed by atoms with Gasteiger partial charge < -0.3 is 10.6 Å². The molecular weight excluding hydrogens is 322 g/mol. The molecule has 0 aliphatic carbocycles. The van der Waals surface area contributed by atoms with Gasteiger partial charge in [0.2, 0.25) is 5.91 Å². The van der Waals surface area contributed by atoms with Gasteiger partial charge in [0.25, 0.3) is 0 Å². The summed E-state index contributed by atoms with van der Waals surface area (Å²) in [5, 5.41) is 11.0. The van der Waals surface area contributed by atoms with E-state index in [-0.39, 0.29) is 24.5 Å². The fraction of sp³-hybridized carbons (Fsp3) is 0.353. The lowest BCUT2D eigenvalue weighted by atomic mass is 10.2. The number of carbonyl (C=O) groups excluding carboxylic acids is 1. The van der Waals surface area contributed by atoms with Crippen LogP contribution in [0.15, 0.2) is 36.7 Å². The largest absolute Gasteiger partial charge is 0.304 e. The summed E-state index contributed by atoms with van der Waals surface area (Å²) < 4.78 is 2.96. The van der Waals surface area contributed by atoms with Crippen molar-refractivity contribution in [2.75, 3.05) is 11.9 Å². The molecule has 3 rings (SSSR count). The summed E-state index contributed by atoms with van der Waals surface area (Å²) in [5.74, 6) is -0.0923. The normalized spacial score (nSPS) is 13.8. The molecule has 1 amide bonds. The minimum absolute atomic E-state index is 0.0923. The Hall–Kier alpha value is -2.25. The molecule has 24 heavy (non-hydrogen) atoms. The molecule has 0 aliphatic rings. The van der Waals surface area contributed by atoms with E-state index in [9.17, 15) is 4.79 Å². The predicted octanol–water partition coefficient (Wildman–Crippen LogP) is 2.98. The van der Waals surface area contributed by atoms with E-state index in [2.05, 4.69) is 33.7 Å². The third-order valence-corrected chi connectivity index (χ3v) is 4.97. The maximum atomic E-state index is 12.1. The van der Waals surface area contributed by atoms with Crippen molar-refractivity contribution >= 4 is 32.6 Å². The van der Waals surface area contributed by atoms with Crippen LogP contribution in [0.2, 0.25) is 0 Å². The van der Waals surface area contributed by atoms with E-state index in [4.69, 9.17) is 0 Å². The quantitative estimate of drug-likeness (QED) is 0.722. The summed E-state index contributed by atoms with van der Waals surface area (Å²) in [5.41, 5.74) is 2.10. The smallest absolute Gasteiger partial charge is 0.240 e. The van der Waals surface area contributed by atoms with Crippen molar-refractivity contribution in [2.24, 2.45) is 0 Å². The molecule has 0 radical (unpaired) electrons. The molecule has 2 unspecified atom stereocenters. The molecule has 2 aromatic heterocycles. The lowest BCUT2D eigenvalue weighted by Crippen LogP contribution is -2.39. The summed E-state index contributed by atoms with van der Waals surface area (Å²) >= 11 is 1.49. The number of carbonyl (C=O) groups is 1. The first-order valence-electron chi connectivity index (χ1n) is 7.92. The Balaban J connectivity index is 1.55. The van der Waals surface area contributed by atoms with Gasteiger partial charge in [-0.2, -0.15) is 5.10 Å². The van der Waals surface area contributed by atoms with Crippen LogP contribution >= 0.6 is 11.3 Å². The first-order valence-corrected chi connectivity index (χ1v) is 8.74. The first kappa shape index (κ1) is 16.6. The molecule has 1 aromatic carbocycles. The average molecular weight is 343 g/mol. The second-order valence-corrected chi connectivity index (χ2v) is 6.97. The number of benzene rings is 1. The highest BCUT2D eigenvalue weighted by atomic mass is 32.1. The molecule has 0 aliphatic heterocycles. The second kappa shape index (κ2) is 7.11. The highest BCUT2D eigenvalue weighted by Gasteiger charge is 2.15. The van der Waals surface area contributed by atoms with Gasteiger partial charge in [-0.05, 0) is 44.5 Å². The summed E-state index contributed by atoms with van der Waals surface area (Å²) in [6, 6.07) is 8.25. The molecule has 7 heteroatoms. The molecule has 2 heterocycles. The average Bonchev–Trinajstić information content (AvgIpc) is 3.20. The summed E-state index contributed by atoms with van der Waals surface area (Å²) in [7, 11) is 0. The standard InChI is InChI=1S/C17H21N5OS/c1-11-5-6-14-15(9-11)24-17(20-14)21-16(23)10-18-12(2)13(3)22-8-4-7-19-22/h4-9,12-13,18H,10H2,1-3H3,(H,20,21,23). The van der Waals surface area contributed by atoms with E-state index in [0.29, 0.717) is 5.13 Å². The Morgan fingerprint density at radius 1 is 1.38 bits per heavy atom. The Bertz CT molecular complexity index is 827. The van der Waals surface area contributed by atoms with Crippen molar-refractivity contribution in [1.29, 1.82) is 0 Å². The zero-order valence-corrected chi connectivity index (χ0v) is 14.8. The topological polar surface area (TPSA) is 71.8 Å². The van der Waals surface area contributed by atoms with Crippen LogP contribution in [0.3, 0.4) is 0 Å². The fourth-order valence-electron chi connectivity index (χ4n) is 2.42. The van der Waals surface area contributed by atoms with Gasteiger partial charge in [0, 0.05) is 18.4 Å². The van der Waals surface area contributed by atoms with Crippen LogP contribution in [0.25, 0.3) is 10.2 Å². The molecule has 2 atom stereocenters. The molecular formula is C17H21N5OS. The predicted molar refractivity (Wildman–Crippen MR) is 97.4 cm³/mol. The number of nitrogens with one attached hydrogen (secondary N) is 2. The van der Waals surface area contributed by atoms with Crippen LogP contribution in [0.5, 0.6) is 0 Å². The van der Waals surface area contributed by atoms with Crippen molar-refractivity contribution < 1.29 is 4.79 Å². The van der Waals surface area contributed by atoms with Crippen molar-refractivity contribution in [1.82, 2.24) is 20.1 Å². The highest BCUT2D eigenvalue weighted by molar-refractivity contribution is 7.22. The second-order valence-electron chi connectivity index (χ2n) is 5.93. The number of anilines is 1. The van der Waals surface area contributed by atoms with Crippen LogP contribution in [0.4, 0.5) is 5.13 Å². The van der Waals surface area contributed by atoms with Gasteiger partial charge in [0.15, 0.2) is 5.13 Å². The highest BCUT2D eigenvalue weighted by Crippen LogP contribution is 2.26. The van der Waals surface area contributed by atoms with Crippen molar-refractivity contribution in [2.45, 2.75) is 32.9 Å². The number of hydrogen-bond donors (Lipinski definition) is 2. The lowest BCUT2D eigenvalue weighted by Gasteiger charge is -2.21. The van der Waals surface area contributed by atoms with Crippen molar-refractivity contribution in [3.8, 4) is 0 Å². The number of aryl methyl sites for hydroxylation is 1. The van der Waals surface area contributed by atoms with E-state index < -0.39 is 0 Å². The molecule has 6 nitrogen and oxygen atoms in total. The van der Waals surface area contributed by atoms with Crippen molar-refractivity contribution in [3.05, 3.63) is 42.2 Å². The van der Waals surface area contributed by atoms with E-state index in [1.165, 1.54) is 16.9 Å². The number of hydrogen-bond acceptors (Lipinski definition) is 5. The molecule has 126 valence electrons. The van der Waals surface area contributed by atoms with E-state index in [0.717, 1.165) is 10.2 Å². The van der Waals surface area contributed by atoms with Crippen LogP contribution in [-0.4, -0.2) is 33.3 Å². The molecule has 0 saturated carbocycles. The Labute approximate surface area is 144 Å². The van der Waals surface area contributed by atoms with Crippen LogP contribution in [0.1, 0.15) is 25.5 Å². The monoisotopic (exact) mass is 343 g/mol. The SMILES string of the molecule is Cc1ccc2nc(NC(=O)CNC(C)C(C)n3cccn3)sc2c1. The Morgan fingerprint density at radius 3 is 2.96 bits per heavy atom. The van der Waals surface area contributed by atoms with Gasteiger partial charge in [-0.15, -0.1) is 0 Å². The third-order valence-electron chi connectivity index (χ3n) is 4.04. The minimum atomic E-state index is -0.0923. The number of rotatable bonds is 6. The molecule has 0 spiro atoms. The number of thiazole rings is 1. The van der Waals surface area contributed by atoms with Crippen LogP contribution in [-0.2, 0) is 4.79 Å². The van der Waals surface area contributed by atoms with E-state index in [1.54, 1.807) is 6.20 Å². The summed E-state index contributed by atoms with van der Waals surface area (Å²) in [6.45, 7) is 6.39. The van der Waals surface area contributed by atoms with Crippen LogP contribution < -0.4 is 10.6 Å². The molecule has 0 bridgehead atoms. The summed E-state index contributed by atoms with van der Waals surface area (Å²) in [6.07, 6.45) is 3.68. The molecule has 3 aromatic rings. The lowest BCUT2D eigenvalue weighted by molar-refractivity contribution is -0.115. The minimum Gasteiger partial charge on any atom is -0.304 e. The number of aromatic nitrogens is 3. The van der Waals surface area contributed by atoms with Gasteiger partial charge in [-0.1, -0.05) is 17.4 Å². The van der Waals surface area contributed by atoms with E-state index >= 15 is 0 Å². The number of fused-ring (bicyclic) bond motifs is 1. The maximum absolute atomic E-state index is 12.1. The zero-order valence-electron chi connectivity index (χ0n) is 14.0. The van der Waals surface area contributed by atoms with Crippen LogP contribution in [0, 0.1) is 6.92 Å². The molecule has 0 saturated heterocycles. The number of amides is 1. The summed E-state index contributed by atoms with van der Waals surface area (Å²) in [4.78, 5) is 16.6. The molecule has 0 fully saturated rings. The number of nitrogens with zero attached hydrogens (tertiary/aromatic N) is 3. The van der Waals surface area contributed by atoms with Gasteiger partial charge in [0.1, 0.15) is 0 Å². The van der Waals surface area contributed by atoms with E-state index in [1.807, 2.05) is 42.9 Å². The van der Waals surface area contributed by atoms with Crippen molar-refractivity contribution in [3.63, 3.8) is 0 Å². The first-order chi connectivity index (χ1) is 11.5. The van der Waals surface area contributed by atoms with Gasteiger partial charge in [-0.3, -0.25) is 9.48 Å². The molecule has 2 N–H and O–H groups in total. The zero-order chi connectivity index (χ0) is 17.1. The fourth-order valence-corrected chi connectivity index (χ4v) is 3.40. The van der Waals surface area contributed by atoms with Gasteiger partial charge >= 0.3 is 0 Å². The third kappa shape index (κ3) is 3.80. The van der Waals surface area contributed by atoms with Gasteiger partial charge in [-0.25, -0.2) is 4.98 Å². The van der Waals surface area contributed by atoms with Gasteiger partial charge in [0.05, 0.1) is 22.8 Å². The maximum Gasteiger partial charge on any atom is 0.240 e. The Kier molecular flexibility index (Phi) is 4.92. The Morgan fingerprint density at radius 2 is 2.21 bits per heavy atom.